The number of aliphatic carboxylic acids is 4. The SMILES string of the molecule is C[C@H](CC(=O)N[C@@H](C)CC(=O)N[C@@H](C)CC(=O)C[C@@H](CCCC[NH3+])C(=O)O)OC(=O)C[C@@H](C)OC(=O)[C@H](C)NC(=O)[C@H](CCC[NH+]=C(N)N)NC(=O)C[NH3+].O=C([O-])C(F)(F)F.O=C([O-])C(F)(F)F.O=C([O-])C(F)(F)F. The van der Waals surface area contributed by atoms with Crippen LogP contribution in [0.15, 0.2) is 0 Å². The molecule has 0 bridgehead atoms. The zero-order valence-electron chi connectivity index (χ0n) is 41.2. The third kappa shape index (κ3) is 43.1. The second-order valence-corrected chi connectivity index (χ2v) is 15.9. The minimum atomic E-state index is -5.19. The molecule has 0 aromatic rings. The molecule has 0 fully saturated rings. The van der Waals surface area contributed by atoms with Gasteiger partial charge in [0.15, 0.2) is 6.54 Å². The molecule has 0 aromatic heterocycles. The van der Waals surface area contributed by atoms with E-state index < -0.39 is 120 Å². The average molecular weight is 1110 g/mol. The van der Waals surface area contributed by atoms with Crippen LogP contribution in [-0.2, 0) is 62.2 Å². The molecule has 0 spiro atoms. The predicted molar refractivity (Wildman–Crippen MR) is 226 cm³/mol. The van der Waals surface area contributed by atoms with Crippen LogP contribution in [0.5, 0.6) is 0 Å². The zero-order chi connectivity index (χ0) is 59.6. The van der Waals surface area contributed by atoms with E-state index in [2.05, 4.69) is 37.7 Å². The van der Waals surface area contributed by atoms with Gasteiger partial charge in [0.2, 0.25) is 17.7 Å². The van der Waals surface area contributed by atoms with Gasteiger partial charge in [-0.3, -0.25) is 50.0 Å². The van der Waals surface area contributed by atoms with E-state index in [9.17, 15) is 83.0 Å². The van der Waals surface area contributed by atoms with E-state index in [0.717, 1.165) is 6.42 Å². The fourth-order valence-corrected chi connectivity index (χ4v) is 5.23. The molecular weight excluding hydrogens is 1050 g/mol. The lowest BCUT2D eigenvalue weighted by Crippen LogP contribution is -2.78. The number of carboxylic acid groups (broad SMARTS) is 4. The van der Waals surface area contributed by atoms with Crippen LogP contribution in [-0.4, -0.2) is 151 Å². The van der Waals surface area contributed by atoms with Gasteiger partial charge in [0, 0.05) is 31.3 Å². The number of hydrogen-bond acceptors (Lipinski definition) is 16. The monoisotopic (exact) mass is 1110 g/mol. The number of carbonyl (C=O) groups is 11. The van der Waals surface area contributed by atoms with Crippen molar-refractivity contribution in [1.82, 2.24) is 21.3 Å². The number of ketones is 1. The lowest BCUT2D eigenvalue weighted by atomic mass is 9.94. The maximum Gasteiger partial charge on any atom is 0.430 e. The number of alkyl halides is 9. The molecule has 35 heteroatoms. The van der Waals surface area contributed by atoms with Crippen molar-refractivity contribution in [2.75, 3.05) is 19.6 Å². The summed E-state index contributed by atoms with van der Waals surface area (Å²) in [4.78, 5) is 128. The van der Waals surface area contributed by atoms with Crippen LogP contribution >= 0.6 is 0 Å². The Labute approximate surface area is 421 Å². The first-order valence-electron chi connectivity index (χ1n) is 22.0. The largest absolute Gasteiger partial charge is 0.542 e. The molecule has 0 saturated heterocycles. The van der Waals surface area contributed by atoms with Gasteiger partial charge in [0.25, 0.3) is 5.91 Å². The number of halogens is 9. The second kappa shape index (κ2) is 37.6. The molecule has 4 amide bonds. The number of nitrogens with one attached hydrogen (secondary N) is 5. The topological polar surface area (TPSA) is 465 Å². The van der Waals surface area contributed by atoms with Crippen molar-refractivity contribution in [3.8, 4) is 0 Å². The molecule has 75 heavy (non-hydrogen) atoms. The van der Waals surface area contributed by atoms with Crippen molar-refractivity contribution >= 4 is 71.2 Å². The normalized spacial score (nSPS) is 13.8. The number of amides is 4. The van der Waals surface area contributed by atoms with Crippen molar-refractivity contribution < 1.29 is 139 Å². The Kier molecular flexibility index (Phi) is 37.4. The Bertz CT molecular complexity index is 1850. The maximum absolute atomic E-state index is 12.8. The summed E-state index contributed by atoms with van der Waals surface area (Å²) >= 11 is 0. The van der Waals surface area contributed by atoms with Gasteiger partial charge < -0.3 is 77.0 Å². The van der Waals surface area contributed by atoms with E-state index in [1.54, 1.807) is 13.8 Å². The number of guanidine groups is 1. The summed E-state index contributed by atoms with van der Waals surface area (Å²) in [6, 6.07) is -3.20. The molecule has 7 atom stereocenters. The zero-order valence-corrected chi connectivity index (χ0v) is 41.2. The Morgan fingerprint density at radius 2 is 1.03 bits per heavy atom. The van der Waals surface area contributed by atoms with E-state index >= 15 is 0 Å². The highest BCUT2D eigenvalue weighted by molar-refractivity contribution is 5.91. The van der Waals surface area contributed by atoms with E-state index in [0.29, 0.717) is 32.4 Å². The third-order valence-electron chi connectivity index (χ3n) is 8.58. The molecule has 16 N–H and O–H groups in total. The van der Waals surface area contributed by atoms with Gasteiger partial charge in [0.05, 0.1) is 31.8 Å². The van der Waals surface area contributed by atoms with Crippen LogP contribution in [0, 0.1) is 5.92 Å². The number of carboxylic acids is 4. The predicted octanol–water partition coefficient (Wildman–Crippen LogP) is -7.25. The fourth-order valence-electron chi connectivity index (χ4n) is 5.23. The van der Waals surface area contributed by atoms with E-state index in [1.165, 1.54) is 20.8 Å². The first kappa shape index (κ1) is 74.5. The summed E-state index contributed by atoms with van der Waals surface area (Å²) in [6.07, 6.45) is -15.7. The molecule has 0 aromatic carbocycles. The molecule has 0 rings (SSSR count). The molecular formula is C40H64F9N9O17. The van der Waals surface area contributed by atoms with Gasteiger partial charge in [-0.2, -0.15) is 39.5 Å². The van der Waals surface area contributed by atoms with Crippen LogP contribution < -0.4 is 64.5 Å². The Morgan fingerprint density at radius 1 is 0.587 bits per heavy atom. The Balaban J connectivity index is -0.000000990. The highest BCUT2D eigenvalue weighted by Crippen LogP contribution is 2.16. The summed E-state index contributed by atoms with van der Waals surface area (Å²) in [7, 11) is 0. The quantitative estimate of drug-likeness (QED) is 0.0114. The molecule has 434 valence electrons. The van der Waals surface area contributed by atoms with E-state index in [1.807, 2.05) is 0 Å². The molecule has 0 saturated carbocycles. The summed E-state index contributed by atoms with van der Waals surface area (Å²) in [5.74, 6) is -14.6. The number of carbonyl (C=O) groups excluding carboxylic acids is 10. The van der Waals surface area contributed by atoms with E-state index in [4.69, 9.17) is 50.6 Å². The van der Waals surface area contributed by atoms with Crippen molar-refractivity contribution in [1.29, 1.82) is 0 Å². The number of Topliss-reactive ketones (excluding diaryl/α,β-unsaturated/α-hetero) is 1. The van der Waals surface area contributed by atoms with Crippen molar-refractivity contribution in [2.45, 2.75) is 154 Å². The van der Waals surface area contributed by atoms with Gasteiger partial charge >= 0.3 is 42.4 Å². The molecule has 0 heterocycles. The molecule has 0 unspecified atom stereocenters. The number of rotatable bonds is 28. The number of esters is 2. The minimum Gasteiger partial charge on any atom is -0.542 e. The van der Waals surface area contributed by atoms with Crippen molar-refractivity contribution in [3.63, 3.8) is 0 Å². The van der Waals surface area contributed by atoms with Gasteiger partial charge in [-0.15, -0.1) is 0 Å². The smallest absolute Gasteiger partial charge is 0.430 e. The molecule has 0 aliphatic rings. The molecule has 0 radical (unpaired) electrons. The molecule has 26 nitrogen and oxygen atoms in total. The van der Waals surface area contributed by atoms with Crippen LogP contribution in [0.2, 0.25) is 0 Å². The average Bonchev–Trinajstić information content (AvgIpc) is 3.23. The first-order valence-corrected chi connectivity index (χ1v) is 22.0. The van der Waals surface area contributed by atoms with Crippen LogP contribution in [0.4, 0.5) is 39.5 Å². The summed E-state index contributed by atoms with van der Waals surface area (Å²) in [5, 5.41) is 46.1. The van der Waals surface area contributed by atoms with Gasteiger partial charge in [-0.1, -0.05) is 0 Å². The lowest BCUT2D eigenvalue weighted by molar-refractivity contribution is -0.459. The second-order valence-electron chi connectivity index (χ2n) is 15.9. The van der Waals surface area contributed by atoms with Crippen LogP contribution in [0.1, 0.15) is 98.8 Å². The highest BCUT2D eigenvalue weighted by Gasteiger charge is 2.31. The Hall–Kier alpha value is -7.07. The van der Waals surface area contributed by atoms with Gasteiger partial charge in [-0.25, -0.2) is 4.79 Å². The summed E-state index contributed by atoms with van der Waals surface area (Å²) in [5.41, 5.74) is 17.9. The van der Waals surface area contributed by atoms with Crippen molar-refractivity contribution in [3.05, 3.63) is 0 Å². The molecule has 0 aliphatic heterocycles. The number of ether oxygens (including phenoxy) is 2. The summed E-state index contributed by atoms with van der Waals surface area (Å²) in [6.45, 7) is 8.54. The van der Waals surface area contributed by atoms with Crippen molar-refractivity contribution in [2.24, 2.45) is 17.4 Å². The van der Waals surface area contributed by atoms with Gasteiger partial charge in [0.1, 0.15) is 48.0 Å². The van der Waals surface area contributed by atoms with Crippen LogP contribution in [0.3, 0.4) is 0 Å². The first-order chi connectivity index (χ1) is 34.1. The third-order valence-corrected chi connectivity index (χ3v) is 8.58. The minimum absolute atomic E-state index is 0.0119. The number of quaternary nitrogens is 2. The van der Waals surface area contributed by atoms with Crippen LogP contribution in [0.25, 0.3) is 0 Å². The maximum atomic E-state index is 12.8. The number of nitrogens with two attached hydrogens (primary N) is 2. The lowest BCUT2D eigenvalue weighted by Gasteiger charge is -2.22. The standard InChI is InChI=1S/C34H61N9O11.3C2HF3O2/c1-19(13-25(44)17-24(32(50)51)9-6-7-11-35)40-27(45)14-20(2)41-28(46)15-21(3)53-30(48)16-22(4)54-33(52)23(5)42-31(49)26(43-29(47)18-36)10-8-12-39-34(37)38;3*3-2(4,5)1(6)7/h19-24,26H,6-18,35-36H2,1-5H3,(H,40,45)(H,41,46)(H,42,49)(H,43,47)(H,50,51)(H4,37,38,39);3*(H,6,7)/t19-,20-,21+,22+,23-,24+,26-;;;/m0.../s1. The molecule has 0 aliphatic carbocycles. The fraction of sp³-hybridized carbons (Fsp3) is 0.700. The Morgan fingerprint density at radius 3 is 1.44 bits per heavy atom. The summed E-state index contributed by atoms with van der Waals surface area (Å²) < 4.78 is 105. The number of unbranched alkanes of at least 4 members (excludes halogenated alkanes) is 1. The van der Waals surface area contributed by atoms with E-state index in [-0.39, 0.29) is 56.8 Å². The highest BCUT2D eigenvalue weighted by atomic mass is 19.4. The van der Waals surface area contributed by atoms with Gasteiger partial charge in [-0.05, 0) is 66.7 Å². The number of hydrogen-bond donors (Lipinski definition) is 10.